The predicted octanol–water partition coefficient (Wildman–Crippen LogP) is 4.32. The van der Waals surface area contributed by atoms with Gasteiger partial charge in [-0.25, -0.2) is 9.78 Å². The smallest absolute Gasteiger partial charge is 0.326 e. The summed E-state index contributed by atoms with van der Waals surface area (Å²) in [5.41, 5.74) is 10.9. The van der Waals surface area contributed by atoms with E-state index in [-0.39, 0.29) is 11.2 Å². The van der Waals surface area contributed by atoms with E-state index in [0.717, 1.165) is 49.0 Å². The zero-order chi connectivity index (χ0) is 21.9. The van der Waals surface area contributed by atoms with E-state index in [9.17, 15) is 4.79 Å². The van der Waals surface area contributed by atoms with Crippen LogP contribution in [0.3, 0.4) is 0 Å². The lowest BCUT2D eigenvalue weighted by Gasteiger charge is -2.31. The van der Waals surface area contributed by atoms with Crippen LogP contribution in [-0.4, -0.2) is 32.0 Å². The summed E-state index contributed by atoms with van der Waals surface area (Å²) in [4.78, 5) is 22.3. The van der Waals surface area contributed by atoms with E-state index in [4.69, 9.17) is 5.73 Å². The second-order valence-corrected chi connectivity index (χ2v) is 9.21. The number of aromatic amines is 1. The van der Waals surface area contributed by atoms with Gasteiger partial charge < -0.3 is 10.7 Å². The maximum Gasteiger partial charge on any atom is 0.326 e. The zero-order valence-electron chi connectivity index (χ0n) is 19.0. The number of nitrogens with one attached hydrogen (secondary N) is 1. The number of aryl methyl sites for hydroxylation is 1. The highest BCUT2D eigenvalue weighted by atomic mass is 16.1. The van der Waals surface area contributed by atoms with E-state index < -0.39 is 0 Å². The van der Waals surface area contributed by atoms with Crippen LogP contribution in [0.25, 0.3) is 11.0 Å². The van der Waals surface area contributed by atoms with Crippen LogP contribution >= 0.6 is 0 Å². The standard InChI is InChI=1S/C24H35N5O/c1-6-7-8-9-19-14-20-21(22(25)26-19)27-23(30)29(20)16-18-12-10-17(11-13-18)15-28(5)24(2,3)4/h10-14H,6-9,15-16H2,1-5H3,(H2,25,26)(H,27,30). The van der Waals surface area contributed by atoms with Crippen LogP contribution in [0.1, 0.15) is 63.8 Å². The summed E-state index contributed by atoms with van der Waals surface area (Å²) in [5, 5.41) is 0. The minimum atomic E-state index is -0.152. The van der Waals surface area contributed by atoms with Gasteiger partial charge in [0.1, 0.15) is 11.3 Å². The second-order valence-electron chi connectivity index (χ2n) is 9.21. The Kier molecular flexibility index (Phi) is 6.66. The molecule has 0 aliphatic heterocycles. The lowest BCUT2D eigenvalue weighted by molar-refractivity contribution is 0.167. The first-order valence-electron chi connectivity index (χ1n) is 10.9. The van der Waals surface area contributed by atoms with Crippen molar-refractivity contribution in [2.24, 2.45) is 0 Å². The molecule has 6 nitrogen and oxygen atoms in total. The molecule has 3 aromatic rings. The molecule has 0 saturated heterocycles. The number of aromatic nitrogens is 3. The highest BCUT2D eigenvalue weighted by molar-refractivity contribution is 5.85. The number of imidazole rings is 1. The van der Waals surface area contributed by atoms with Crippen molar-refractivity contribution in [3.8, 4) is 0 Å². The van der Waals surface area contributed by atoms with Crippen molar-refractivity contribution in [3.63, 3.8) is 0 Å². The maximum atomic E-state index is 12.6. The predicted molar refractivity (Wildman–Crippen MR) is 125 cm³/mol. The normalized spacial score (nSPS) is 12.2. The number of nitrogens with zero attached hydrogens (tertiary/aromatic N) is 3. The van der Waals surface area contributed by atoms with Gasteiger partial charge in [-0.3, -0.25) is 9.47 Å². The van der Waals surface area contributed by atoms with Gasteiger partial charge in [-0.05, 0) is 57.9 Å². The third-order valence-electron chi connectivity index (χ3n) is 5.81. The molecule has 0 saturated carbocycles. The van der Waals surface area contributed by atoms with Gasteiger partial charge >= 0.3 is 5.69 Å². The molecule has 162 valence electrons. The average Bonchev–Trinajstić information content (AvgIpc) is 2.99. The fourth-order valence-electron chi connectivity index (χ4n) is 3.51. The highest BCUT2D eigenvalue weighted by Crippen LogP contribution is 2.20. The molecule has 0 aliphatic rings. The Hall–Kier alpha value is -2.60. The van der Waals surface area contributed by atoms with Crippen molar-refractivity contribution in [2.45, 2.75) is 72.0 Å². The van der Waals surface area contributed by atoms with Gasteiger partial charge in [0.05, 0.1) is 12.1 Å². The third kappa shape index (κ3) is 5.11. The fourth-order valence-corrected chi connectivity index (χ4v) is 3.51. The number of anilines is 1. The van der Waals surface area contributed by atoms with E-state index in [2.05, 4.69) is 73.9 Å². The van der Waals surface area contributed by atoms with E-state index in [1.165, 1.54) is 5.56 Å². The van der Waals surface area contributed by atoms with Gasteiger partial charge in [-0.2, -0.15) is 0 Å². The molecule has 6 heteroatoms. The maximum absolute atomic E-state index is 12.6. The number of H-pyrrole nitrogens is 1. The Bertz CT molecular complexity index is 1040. The van der Waals surface area contributed by atoms with Gasteiger partial charge in [-0.1, -0.05) is 44.0 Å². The lowest BCUT2D eigenvalue weighted by atomic mass is 10.0. The van der Waals surface area contributed by atoms with Crippen molar-refractivity contribution in [1.29, 1.82) is 0 Å². The van der Waals surface area contributed by atoms with Gasteiger partial charge in [-0.15, -0.1) is 0 Å². The average molecular weight is 410 g/mol. The molecule has 0 radical (unpaired) electrons. The number of pyridine rings is 1. The zero-order valence-corrected chi connectivity index (χ0v) is 19.0. The Morgan fingerprint density at radius 2 is 1.80 bits per heavy atom. The monoisotopic (exact) mass is 409 g/mol. The molecule has 0 amide bonds. The second kappa shape index (κ2) is 9.04. The van der Waals surface area contributed by atoms with Crippen molar-refractivity contribution >= 4 is 16.9 Å². The lowest BCUT2D eigenvalue weighted by Crippen LogP contribution is -2.37. The number of hydrogen-bond donors (Lipinski definition) is 2. The Morgan fingerprint density at radius 3 is 2.43 bits per heavy atom. The van der Waals surface area contributed by atoms with Crippen LogP contribution in [0, 0.1) is 0 Å². The number of rotatable bonds is 8. The van der Waals surface area contributed by atoms with Crippen LogP contribution in [0.5, 0.6) is 0 Å². The summed E-state index contributed by atoms with van der Waals surface area (Å²) < 4.78 is 1.76. The molecule has 1 aromatic carbocycles. The van der Waals surface area contributed by atoms with Crippen LogP contribution in [0.4, 0.5) is 5.82 Å². The molecule has 0 bridgehead atoms. The van der Waals surface area contributed by atoms with Crippen LogP contribution in [-0.2, 0) is 19.5 Å². The SMILES string of the molecule is CCCCCc1cc2c([nH]c(=O)n2Cc2ccc(CN(C)C(C)(C)C)cc2)c(N)n1. The summed E-state index contributed by atoms with van der Waals surface area (Å²) in [6.07, 6.45) is 4.28. The van der Waals surface area contributed by atoms with Crippen LogP contribution in [0.2, 0.25) is 0 Å². The molecule has 3 N–H and O–H groups in total. The van der Waals surface area contributed by atoms with Crippen molar-refractivity contribution in [2.75, 3.05) is 12.8 Å². The molecule has 0 atom stereocenters. The van der Waals surface area contributed by atoms with Crippen molar-refractivity contribution in [3.05, 3.63) is 57.6 Å². The van der Waals surface area contributed by atoms with Crippen molar-refractivity contribution < 1.29 is 0 Å². The summed E-state index contributed by atoms with van der Waals surface area (Å²) in [6, 6.07) is 10.5. The Labute approximate surface area is 179 Å². The molecule has 0 aliphatic carbocycles. The molecular weight excluding hydrogens is 374 g/mol. The largest absolute Gasteiger partial charge is 0.382 e. The first kappa shape index (κ1) is 22.1. The number of unbranched alkanes of at least 4 members (excludes halogenated alkanes) is 2. The molecule has 0 unspecified atom stereocenters. The number of hydrogen-bond acceptors (Lipinski definition) is 4. The molecule has 2 heterocycles. The van der Waals surface area contributed by atoms with Crippen LogP contribution < -0.4 is 11.4 Å². The van der Waals surface area contributed by atoms with Crippen molar-refractivity contribution in [1.82, 2.24) is 19.4 Å². The number of nitrogen functional groups attached to an aromatic ring is 1. The number of nitrogens with two attached hydrogens (primary N) is 1. The Balaban J connectivity index is 1.83. The topological polar surface area (TPSA) is 79.9 Å². The molecule has 0 spiro atoms. The minimum absolute atomic E-state index is 0.124. The highest BCUT2D eigenvalue weighted by Gasteiger charge is 2.17. The molecular formula is C24H35N5O. The molecule has 2 aromatic heterocycles. The Morgan fingerprint density at radius 1 is 1.13 bits per heavy atom. The summed E-state index contributed by atoms with van der Waals surface area (Å²) in [7, 11) is 2.13. The van der Waals surface area contributed by atoms with Gasteiger partial charge in [0.25, 0.3) is 0 Å². The summed E-state index contributed by atoms with van der Waals surface area (Å²) in [6.45, 7) is 10.2. The summed E-state index contributed by atoms with van der Waals surface area (Å²) >= 11 is 0. The van der Waals surface area contributed by atoms with E-state index in [1.807, 2.05) is 6.07 Å². The van der Waals surface area contributed by atoms with Crippen LogP contribution in [0.15, 0.2) is 35.1 Å². The fraction of sp³-hybridized carbons (Fsp3) is 0.500. The van der Waals surface area contributed by atoms with Gasteiger partial charge in [0.15, 0.2) is 0 Å². The van der Waals surface area contributed by atoms with E-state index in [1.54, 1.807) is 4.57 Å². The van der Waals surface area contributed by atoms with E-state index in [0.29, 0.717) is 17.9 Å². The molecule has 3 rings (SSSR count). The minimum Gasteiger partial charge on any atom is -0.382 e. The third-order valence-corrected chi connectivity index (χ3v) is 5.81. The van der Waals surface area contributed by atoms with Gasteiger partial charge in [0.2, 0.25) is 0 Å². The number of benzene rings is 1. The quantitative estimate of drug-likeness (QED) is 0.543. The van der Waals surface area contributed by atoms with E-state index >= 15 is 0 Å². The first-order chi connectivity index (χ1) is 14.2. The summed E-state index contributed by atoms with van der Waals surface area (Å²) in [5.74, 6) is 0.399. The van der Waals surface area contributed by atoms with Gasteiger partial charge in [0, 0.05) is 17.8 Å². The molecule has 0 fully saturated rings. The molecule has 30 heavy (non-hydrogen) atoms. The number of fused-ring (bicyclic) bond motifs is 1. The first-order valence-corrected chi connectivity index (χ1v) is 10.9.